The molecule has 0 aliphatic rings. The minimum atomic E-state index is -0.380. The van der Waals surface area contributed by atoms with Gasteiger partial charge < -0.3 is 20.3 Å². The predicted octanol–water partition coefficient (Wildman–Crippen LogP) is 1.48. The van der Waals surface area contributed by atoms with Gasteiger partial charge in [0.25, 0.3) is 0 Å². The van der Waals surface area contributed by atoms with E-state index in [1.54, 1.807) is 13.2 Å². The van der Waals surface area contributed by atoms with Crippen LogP contribution in [-0.2, 0) is 0 Å². The van der Waals surface area contributed by atoms with Gasteiger partial charge in [-0.3, -0.25) is 0 Å². The van der Waals surface area contributed by atoms with Gasteiger partial charge in [-0.05, 0) is 24.1 Å². The molecular weight excluding hydrogens is 206 g/mol. The van der Waals surface area contributed by atoms with Crippen LogP contribution in [0.4, 0.5) is 0 Å². The van der Waals surface area contributed by atoms with E-state index in [1.807, 2.05) is 19.1 Å². The van der Waals surface area contributed by atoms with Gasteiger partial charge >= 0.3 is 0 Å². The zero-order chi connectivity index (χ0) is 12.0. The summed E-state index contributed by atoms with van der Waals surface area (Å²) >= 11 is 0. The molecule has 0 saturated heterocycles. The van der Waals surface area contributed by atoms with Crippen LogP contribution in [0, 0.1) is 0 Å². The van der Waals surface area contributed by atoms with Gasteiger partial charge in [-0.1, -0.05) is 13.0 Å². The average Bonchev–Trinajstić information content (AvgIpc) is 2.35. The van der Waals surface area contributed by atoms with Crippen molar-refractivity contribution >= 4 is 0 Å². The van der Waals surface area contributed by atoms with Crippen LogP contribution in [0.25, 0.3) is 0 Å². The topological polar surface area (TPSA) is 64.7 Å². The summed E-state index contributed by atoms with van der Waals surface area (Å²) in [4.78, 5) is 0. The lowest BCUT2D eigenvalue weighted by Crippen LogP contribution is -2.14. The number of aliphatic hydroxyl groups is 1. The summed E-state index contributed by atoms with van der Waals surface area (Å²) in [7, 11) is 1.59. The van der Waals surface area contributed by atoms with Crippen LogP contribution in [0.5, 0.6) is 11.5 Å². The minimum Gasteiger partial charge on any atom is -0.493 e. The highest BCUT2D eigenvalue weighted by molar-refractivity contribution is 5.43. The van der Waals surface area contributed by atoms with E-state index in [1.165, 1.54) is 0 Å². The summed E-state index contributed by atoms with van der Waals surface area (Å²) in [6.07, 6.45) is 0.945. The summed E-state index contributed by atoms with van der Waals surface area (Å²) in [5.41, 5.74) is 6.56. The Kier molecular flexibility index (Phi) is 5.08. The smallest absolute Gasteiger partial charge is 0.161 e. The first-order chi connectivity index (χ1) is 7.72. The molecule has 0 saturated carbocycles. The first-order valence-corrected chi connectivity index (χ1v) is 5.40. The molecule has 0 fully saturated rings. The highest BCUT2D eigenvalue weighted by Crippen LogP contribution is 2.29. The van der Waals surface area contributed by atoms with E-state index in [-0.39, 0.29) is 12.6 Å². The Morgan fingerprint density at radius 2 is 2.12 bits per heavy atom. The van der Waals surface area contributed by atoms with Crippen LogP contribution >= 0.6 is 0 Å². The highest BCUT2D eigenvalue weighted by atomic mass is 16.5. The molecule has 4 nitrogen and oxygen atoms in total. The van der Waals surface area contributed by atoms with Crippen LogP contribution in [0.15, 0.2) is 18.2 Å². The summed E-state index contributed by atoms with van der Waals surface area (Å²) in [6.45, 7) is 2.61. The molecule has 0 spiro atoms. The van der Waals surface area contributed by atoms with Crippen LogP contribution < -0.4 is 15.2 Å². The van der Waals surface area contributed by atoms with Gasteiger partial charge in [-0.2, -0.15) is 0 Å². The number of methoxy groups -OCH3 is 1. The fraction of sp³-hybridized carbons (Fsp3) is 0.500. The van der Waals surface area contributed by atoms with Gasteiger partial charge in [0.1, 0.15) is 0 Å². The molecule has 1 aromatic rings. The fourth-order valence-electron chi connectivity index (χ4n) is 1.35. The second-order valence-corrected chi connectivity index (χ2v) is 3.55. The third-order valence-electron chi connectivity index (χ3n) is 2.27. The molecule has 0 aliphatic heterocycles. The Balaban J connectivity index is 2.88. The van der Waals surface area contributed by atoms with Crippen molar-refractivity contribution in [2.24, 2.45) is 5.73 Å². The maximum absolute atomic E-state index is 8.97. The van der Waals surface area contributed by atoms with Crippen molar-refractivity contribution < 1.29 is 14.6 Å². The van der Waals surface area contributed by atoms with Crippen LogP contribution in [0.3, 0.4) is 0 Å². The molecule has 16 heavy (non-hydrogen) atoms. The molecule has 0 heterocycles. The van der Waals surface area contributed by atoms with Gasteiger partial charge in [-0.25, -0.2) is 0 Å². The lowest BCUT2D eigenvalue weighted by molar-refractivity contribution is 0.266. The summed E-state index contributed by atoms with van der Waals surface area (Å²) in [5.74, 6) is 1.35. The Morgan fingerprint density at radius 1 is 1.38 bits per heavy atom. The van der Waals surface area contributed by atoms with E-state index in [9.17, 15) is 0 Å². The quantitative estimate of drug-likeness (QED) is 0.769. The molecular formula is C12H19NO3. The number of ether oxygens (including phenoxy) is 2. The molecule has 0 unspecified atom stereocenters. The van der Waals surface area contributed by atoms with E-state index in [4.69, 9.17) is 20.3 Å². The van der Waals surface area contributed by atoms with Crippen molar-refractivity contribution in [1.82, 2.24) is 0 Å². The van der Waals surface area contributed by atoms with E-state index in [2.05, 4.69) is 0 Å². The maximum atomic E-state index is 8.97. The maximum Gasteiger partial charge on any atom is 0.161 e. The second kappa shape index (κ2) is 6.35. The number of hydrogen-bond acceptors (Lipinski definition) is 4. The van der Waals surface area contributed by atoms with Gasteiger partial charge in [-0.15, -0.1) is 0 Å². The van der Waals surface area contributed by atoms with Crippen molar-refractivity contribution in [1.29, 1.82) is 0 Å². The zero-order valence-electron chi connectivity index (χ0n) is 9.77. The lowest BCUT2D eigenvalue weighted by Gasteiger charge is -2.14. The Morgan fingerprint density at radius 3 is 2.69 bits per heavy atom. The van der Waals surface area contributed by atoms with Crippen molar-refractivity contribution in [3.63, 3.8) is 0 Å². The summed E-state index contributed by atoms with van der Waals surface area (Å²) in [5, 5.41) is 8.97. The molecule has 1 atom stereocenters. The second-order valence-electron chi connectivity index (χ2n) is 3.55. The number of hydrogen-bond donors (Lipinski definition) is 2. The van der Waals surface area contributed by atoms with E-state index < -0.39 is 0 Å². The van der Waals surface area contributed by atoms with E-state index in [0.29, 0.717) is 18.1 Å². The minimum absolute atomic E-state index is 0.0850. The number of nitrogens with two attached hydrogens (primary N) is 1. The van der Waals surface area contributed by atoms with E-state index >= 15 is 0 Å². The molecule has 90 valence electrons. The average molecular weight is 225 g/mol. The monoisotopic (exact) mass is 225 g/mol. The Labute approximate surface area is 96.0 Å². The van der Waals surface area contributed by atoms with Crippen molar-refractivity contribution in [2.45, 2.75) is 19.4 Å². The highest BCUT2D eigenvalue weighted by Gasteiger charge is 2.09. The molecule has 0 aromatic heterocycles. The number of benzene rings is 1. The van der Waals surface area contributed by atoms with Crippen LogP contribution in [0.1, 0.15) is 24.9 Å². The molecule has 0 bridgehead atoms. The fourth-order valence-corrected chi connectivity index (χ4v) is 1.35. The summed E-state index contributed by atoms with van der Waals surface area (Å²) < 4.78 is 10.7. The van der Waals surface area contributed by atoms with Crippen LogP contribution in [0.2, 0.25) is 0 Å². The first-order valence-electron chi connectivity index (χ1n) is 5.40. The van der Waals surface area contributed by atoms with Gasteiger partial charge in [0.15, 0.2) is 11.5 Å². The summed E-state index contributed by atoms with van der Waals surface area (Å²) in [6, 6.07) is 5.08. The molecule has 1 rings (SSSR count). The van der Waals surface area contributed by atoms with Gasteiger partial charge in [0.05, 0.1) is 26.4 Å². The largest absolute Gasteiger partial charge is 0.493 e. The Bertz CT molecular complexity index is 328. The van der Waals surface area contributed by atoms with Gasteiger partial charge in [0.2, 0.25) is 0 Å². The zero-order valence-corrected chi connectivity index (χ0v) is 9.77. The van der Waals surface area contributed by atoms with Crippen LogP contribution in [-0.4, -0.2) is 25.4 Å². The number of rotatable bonds is 6. The third kappa shape index (κ3) is 3.12. The molecule has 0 aliphatic carbocycles. The first kappa shape index (κ1) is 12.8. The van der Waals surface area contributed by atoms with E-state index in [0.717, 1.165) is 12.0 Å². The van der Waals surface area contributed by atoms with Gasteiger partial charge in [0, 0.05) is 0 Å². The van der Waals surface area contributed by atoms with Crippen molar-refractivity contribution in [3.8, 4) is 11.5 Å². The molecule has 4 heteroatoms. The SMILES string of the molecule is CCCOc1ccc([C@H](N)CO)cc1OC. The van der Waals surface area contributed by atoms with Crippen molar-refractivity contribution in [3.05, 3.63) is 23.8 Å². The molecule has 0 radical (unpaired) electrons. The molecule has 1 aromatic carbocycles. The normalized spacial score (nSPS) is 12.2. The number of aliphatic hydroxyl groups excluding tert-OH is 1. The molecule has 0 amide bonds. The lowest BCUT2D eigenvalue weighted by atomic mass is 10.1. The Hall–Kier alpha value is -1.26. The standard InChI is InChI=1S/C12H19NO3/c1-3-6-16-11-5-4-9(10(13)8-14)7-12(11)15-2/h4-5,7,10,14H,3,6,8,13H2,1-2H3/t10-/m1/s1. The van der Waals surface area contributed by atoms with Crippen molar-refractivity contribution in [2.75, 3.05) is 20.3 Å². The third-order valence-corrected chi connectivity index (χ3v) is 2.27. The predicted molar refractivity (Wildman–Crippen MR) is 62.8 cm³/mol. The molecule has 3 N–H and O–H groups in total.